The van der Waals surface area contributed by atoms with Crippen molar-refractivity contribution in [1.82, 2.24) is 9.97 Å². The molecule has 32 heavy (non-hydrogen) atoms. The molecule has 2 aromatic carbocycles. The van der Waals surface area contributed by atoms with Crippen LogP contribution < -0.4 is 5.32 Å². The quantitative estimate of drug-likeness (QED) is 0.381. The average molecular weight is 466 g/mol. The number of fused-ring (bicyclic) bond motifs is 1. The van der Waals surface area contributed by atoms with Gasteiger partial charge in [-0.25, -0.2) is 14.8 Å². The van der Waals surface area contributed by atoms with Gasteiger partial charge in [0.05, 0.1) is 26.8 Å². The van der Waals surface area contributed by atoms with E-state index in [0.717, 1.165) is 11.1 Å². The zero-order valence-electron chi connectivity index (χ0n) is 16.9. The normalized spacial score (nSPS) is 10.7. The van der Waals surface area contributed by atoms with Gasteiger partial charge < -0.3 is 10.1 Å². The Hall–Kier alpha value is -3.48. The molecule has 6 nitrogen and oxygen atoms in total. The van der Waals surface area contributed by atoms with Gasteiger partial charge in [0.15, 0.2) is 12.4 Å². The summed E-state index contributed by atoms with van der Waals surface area (Å²) < 4.78 is 5.27. The number of nitrogens with one attached hydrogen (secondary N) is 1. The molecule has 0 fully saturated rings. The summed E-state index contributed by atoms with van der Waals surface area (Å²) >= 11 is 11.8. The fourth-order valence-corrected chi connectivity index (χ4v) is 3.53. The van der Waals surface area contributed by atoms with E-state index in [-0.39, 0.29) is 10.8 Å². The van der Waals surface area contributed by atoms with E-state index in [1.165, 1.54) is 12.3 Å². The molecule has 0 bridgehead atoms. The van der Waals surface area contributed by atoms with Gasteiger partial charge in [-0.05, 0) is 25.1 Å². The Morgan fingerprint density at radius 1 is 1.03 bits per heavy atom. The highest BCUT2D eigenvalue weighted by Crippen LogP contribution is 2.26. The largest absolute Gasteiger partial charge is 0.452 e. The minimum absolute atomic E-state index is 0.133. The van der Waals surface area contributed by atoms with Crippen molar-refractivity contribution in [3.63, 3.8) is 0 Å². The summed E-state index contributed by atoms with van der Waals surface area (Å²) in [7, 11) is 0. The molecular formula is C24H17Cl2N3O3. The summed E-state index contributed by atoms with van der Waals surface area (Å²) in [5, 5.41) is 3.65. The first-order valence-electron chi connectivity index (χ1n) is 9.65. The number of para-hydroxylation sites is 1. The molecule has 4 rings (SSSR count). The van der Waals surface area contributed by atoms with E-state index in [2.05, 4.69) is 15.3 Å². The maximum absolute atomic E-state index is 12.9. The highest BCUT2D eigenvalue weighted by Gasteiger charge is 2.17. The second kappa shape index (κ2) is 9.34. The number of carbonyl (C=O) groups is 2. The number of aryl methyl sites for hydroxylation is 1. The highest BCUT2D eigenvalue weighted by molar-refractivity contribution is 6.36. The van der Waals surface area contributed by atoms with Gasteiger partial charge in [0.1, 0.15) is 0 Å². The smallest absolute Gasteiger partial charge is 0.339 e. The highest BCUT2D eigenvalue weighted by atomic mass is 35.5. The molecule has 0 unspecified atom stereocenters. The molecule has 0 aliphatic rings. The summed E-state index contributed by atoms with van der Waals surface area (Å²) in [6, 6.07) is 18.2. The van der Waals surface area contributed by atoms with Gasteiger partial charge in [-0.2, -0.15) is 0 Å². The maximum atomic E-state index is 12.9. The van der Waals surface area contributed by atoms with Crippen LogP contribution in [0, 0.1) is 6.92 Å². The van der Waals surface area contributed by atoms with E-state index in [1.54, 1.807) is 12.1 Å². The van der Waals surface area contributed by atoms with Crippen molar-refractivity contribution < 1.29 is 14.3 Å². The molecule has 0 aliphatic carbocycles. The van der Waals surface area contributed by atoms with Crippen LogP contribution in [0.5, 0.6) is 0 Å². The molecule has 0 saturated heterocycles. The number of amides is 1. The van der Waals surface area contributed by atoms with Crippen LogP contribution in [0.15, 0.2) is 66.9 Å². The third kappa shape index (κ3) is 4.88. The van der Waals surface area contributed by atoms with Crippen molar-refractivity contribution in [2.75, 3.05) is 11.9 Å². The lowest BCUT2D eigenvalue weighted by Gasteiger charge is -2.11. The number of esters is 1. The number of carbonyl (C=O) groups excluding carboxylic acids is 2. The minimum Gasteiger partial charge on any atom is -0.452 e. The lowest BCUT2D eigenvalue weighted by molar-refractivity contribution is -0.119. The number of halogens is 2. The van der Waals surface area contributed by atoms with Crippen molar-refractivity contribution in [1.29, 1.82) is 0 Å². The van der Waals surface area contributed by atoms with Crippen LogP contribution >= 0.6 is 23.2 Å². The predicted molar refractivity (Wildman–Crippen MR) is 125 cm³/mol. The van der Waals surface area contributed by atoms with E-state index >= 15 is 0 Å². The SMILES string of the molecule is Cc1ccc(-c2cc(C(=O)OCC(=O)Nc3ncc(Cl)cc3Cl)c3ccccc3n2)cc1. The van der Waals surface area contributed by atoms with Crippen LogP contribution in [0.25, 0.3) is 22.2 Å². The van der Waals surface area contributed by atoms with Gasteiger partial charge in [0.2, 0.25) is 0 Å². The zero-order valence-corrected chi connectivity index (χ0v) is 18.4. The van der Waals surface area contributed by atoms with Crippen LogP contribution in [0.3, 0.4) is 0 Å². The number of pyridine rings is 2. The zero-order chi connectivity index (χ0) is 22.7. The second-order valence-corrected chi connectivity index (χ2v) is 7.89. The number of hydrogen-bond donors (Lipinski definition) is 1. The number of benzene rings is 2. The van der Waals surface area contributed by atoms with Gasteiger partial charge >= 0.3 is 5.97 Å². The number of aromatic nitrogens is 2. The van der Waals surface area contributed by atoms with Crippen LogP contribution in [0.2, 0.25) is 10.0 Å². The number of hydrogen-bond acceptors (Lipinski definition) is 5. The van der Waals surface area contributed by atoms with Crippen molar-refractivity contribution in [3.8, 4) is 11.3 Å². The van der Waals surface area contributed by atoms with Crippen LogP contribution in [-0.4, -0.2) is 28.5 Å². The predicted octanol–water partition coefficient (Wildman–Crippen LogP) is 5.71. The molecule has 0 aliphatic heterocycles. The van der Waals surface area contributed by atoms with Crippen LogP contribution in [0.1, 0.15) is 15.9 Å². The number of ether oxygens (including phenoxy) is 1. The Morgan fingerprint density at radius 2 is 1.78 bits per heavy atom. The summed E-state index contributed by atoms with van der Waals surface area (Å²) in [5.41, 5.74) is 3.60. The monoisotopic (exact) mass is 465 g/mol. The lowest BCUT2D eigenvalue weighted by Crippen LogP contribution is -2.21. The van der Waals surface area contributed by atoms with Gasteiger partial charge in [0.25, 0.3) is 5.91 Å². The summed E-state index contributed by atoms with van der Waals surface area (Å²) in [6.45, 7) is 1.49. The Bertz CT molecular complexity index is 1320. The Labute approximate surface area is 194 Å². The fourth-order valence-electron chi connectivity index (χ4n) is 3.10. The van der Waals surface area contributed by atoms with E-state index in [9.17, 15) is 9.59 Å². The molecule has 2 aromatic heterocycles. The van der Waals surface area contributed by atoms with E-state index in [0.29, 0.717) is 27.2 Å². The lowest BCUT2D eigenvalue weighted by atomic mass is 10.0. The van der Waals surface area contributed by atoms with E-state index in [4.69, 9.17) is 27.9 Å². The first-order valence-corrected chi connectivity index (χ1v) is 10.4. The topological polar surface area (TPSA) is 81.2 Å². The fraction of sp³-hybridized carbons (Fsp3) is 0.0833. The molecule has 4 aromatic rings. The molecule has 0 saturated carbocycles. The Balaban J connectivity index is 1.56. The van der Waals surface area contributed by atoms with E-state index in [1.807, 2.05) is 49.4 Å². The molecular weight excluding hydrogens is 449 g/mol. The third-order valence-electron chi connectivity index (χ3n) is 4.68. The van der Waals surface area contributed by atoms with Crippen molar-refractivity contribution >= 4 is 51.8 Å². The number of nitrogens with zero attached hydrogens (tertiary/aromatic N) is 2. The minimum atomic E-state index is -0.637. The molecule has 8 heteroatoms. The number of rotatable bonds is 5. The molecule has 0 radical (unpaired) electrons. The standard InChI is InChI=1S/C24H17Cl2N3O3/c1-14-6-8-15(9-7-14)21-11-18(17-4-2-3-5-20(17)28-21)24(31)32-13-22(30)29-23-19(26)10-16(25)12-27-23/h2-12H,13H2,1H3,(H,27,29,30). The van der Waals surface area contributed by atoms with Gasteiger partial charge in [-0.3, -0.25) is 4.79 Å². The summed E-state index contributed by atoms with van der Waals surface area (Å²) in [5.74, 6) is -1.08. The number of anilines is 1. The molecule has 2 heterocycles. The van der Waals surface area contributed by atoms with Gasteiger partial charge in [-0.15, -0.1) is 0 Å². The van der Waals surface area contributed by atoms with Crippen LogP contribution in [0.4, 0.5) is 5.82 Å². The van der Waals surface area contributed by atoms with Crippen molar-refractivity contribution in [2.24, 2.45) is 0 Å². The van der Waals surface area contributed by atoms with Crippen molar-refractivity contribution in [3.05, 3.63) is 88.0 Å². The first kappa shape index (κ1) is 21.7. The van der Waals surface area contributed by atoms with E-state index < -0.39 is 18.5 Å². The molecule has 160 valence electrons. The van der Waals surface area contributed by atoms with Gasteiger partial charge in [0, 0.05) is 17.1 Å². The van der Waals surface area contributed by atoms with Crippen molar-refractivity contribution in [2.45, 2.75) is 6.92 Å². The third-order valence-corrected chi connectivity index (χ3v) is 5.18. The summed E-state index contributed by atoms with van der Waals surface area (Å²) in [4.78, 5) is 33.7. The Kier molecular flexibility index (Phi) is 6.35. The average Bonchev–Trinajstić information content (AvgIpc) is 2.79. The summed E-state index contributed by atoms with van der Waals surface area (Å²) in [6.07, 6.45) is 1.35. The second-order valence-electron chi connectivity index (χ2n) is 7.05. The first-order chi connectivity index (χ1) is 15.4. The molecule has 0 spiro atoms. The maximum Gasteiger partial charge on any atom is 0.339 e. The molecule has 1 amide bonds. The molecule has 0 atom stereocenters. The van der Waals surface area contributed by atoms with Crippen LogP contribution in [-0.2, 0) is 9.53 Å². The Morgan fingerprint density at radius 3 is 2.53 bits per heavy atom. The van der Waals surface area contributed by atoms with Gasteiger partial charge in [-0.1, -0.05) is 71.2 Å². The molecule has 1 N–H and O–H groups in total.